The number of nitrogens with zero attached hydrogens (tertiary/aromatic N) is 1. The van der Waals surface area contributed by atoms with Gasteiger partial charge >= 0.3 is 0 Å². The summed E-state index contributed by atoms with van der Waals surface area (Å²) in [7, 11) is 0. The van der Waals surface area contributed by atoms with Gasteiger partial charge in [0.05, 0.1) is 0 Å². The lowest BCUT2D eigenvalue weighted by atomic mass is 10.3. The van der Waals surface area contributed by atoms with E-state index in [0.717, 1.165) is 50.7 Å². The molecule has 0 aliphatic heterocycles. The molecule has 0 spiro atoms. The molecule has 0 fully saturated rings. The normalized spacial score (nSPS) is 10.4. The predicted octanol–water partition coefficient (Wildman–Crippen LogP) is 1.59. The third-order valence-corrected chi connectivity index (χ3v) is 2.66. The summed E-state index contributed by atoms with van der Waals surface area (Å²) in [5, 5.41) is 7.16. The molecule has 0 aromatic rings. The Morgan fingerprint density at radius 2 is 1.67 bits per heavy atom. The smallest absolute Gasteiger partial charge is 0.166 e. The van der Waals surface area contributed by atoms with Gasteiger partial charge in [0, 0.05) is 13.1 Å². The molecular weight excluding hydrogens is 206 g/mol. The maximum absolute atomic E-state index is 5.12. The third kappa shape index (κ3) is 8.63. The van der Waals surface area contributed by atoms with Gasteiger partial charge < -0.3 is 15.5 Å². The molecule has 0 aromatic heterocycles. The summed E-state index contributed by atoms with van der Waals surface area (Å²) >= 11 is 5.12. The Labute approximate surface area is 99.6 Å². The van der Waals surface area contributed by atoms with Crippen molar-refractivity contribution >= 4 is 17.3 Å². The maximum Gasteiger partial charge on any atom is 0.166 e. The summed E-state index contributed by atoms with van der Waals surface area (Å²) in [6.07, 6.45) is 2.26. The number of hydrogen-bond acceptors (Lipinski definition) is 2. The van der Waals surface area contributed by atoms with E-state index in [0.29, 0.717) is 0 Å². The van der Waals surface area contributed by atoms with Crippen LogP contribution in [0.5, 0.6) is 0 Å². The zero-order valence-corrected chi connectivity index (χ0v) is 11.1. The van der Waals surface area contributed by atoms with Crippen LogP contribution in [-0.2, 0) is 0 Å². The Hall–Kier alpha value is -0.350. The zero-order valence-electron chi connectivity index (χ0n) is 10.3. The van der Waals surface area contributed by atoms with Crippen LogP contribution in [0.1, 0.15) is 33.6 Å². The van der Waals surface area contributed by atoms with Crippen LogP contribution in [0.3, 0.4) is 0 Å². The minimum Gasteiger partial charge on any atom is -0.363 e. The Kier molecular flexibility index (Phi) is 9.94. The highest BCUT2D eigenvalue weighted by Gasteiger charge is 1.98. The van der Waals surface area contributed by atoms with Crippen molar-refractivity contribution in [2.75, 3.05) is 32.7 Å². The van der Waals surface area contributed by atoms with Gasteiger partial charge in [0.15, 0.2) is 5.11 Å². The lowest BCUT2D eigenvalue weighted by molar-refractivity contribution is 0.300. The van der Waals surface area contributed by atoms with Crippen molar-refractivity contribution in [3.8, 4) is 0 Å². The van der Waals surface area contributed by atoms with E-state index >= 15 is 0 Å². The largest absolute Gasteiger partial charge is 0.363 e. The second-order valence-electron chi connectivity index (χ2n) is 3.56. The highest BCUT2D eigenvalue weighted by atomic mass is 32.1. The molecule has 15 heavy (non-hydrogen) atoms. The summed E-state index contributed by atoms with van der Waals surface area (Å²) in [5.41, 5.74) is 0. The van der Waals surface area contributed by atoms with Gasteiger partial charge in [0.2, 0.25) is 0 Å². The maximum atomic E-state index is 5.12. The molecule has 4 heteroatoms. The van der Waals surface area contributed by atoms with E-state index < -0.39 is 0 Å². The van der Waals surface area contributed by atoms with E-state index in [1.807, 2.05) is 0 Å². The van der Waals surface area contributed by atoms with Crippen LogP contribution >= 0.6 is 12.2 Å². The molecule has 3 nitrogen and oxygen atoms in total. The quantitative estimate of drug-likeness (QED) is 0.490. The standard InChI is InChI=1S/C11H25N3S/c1-4-8-12-11(15)13-9-7-10-14(5-2)6-3/h4-10H2,1-3H3,(H2,12,13,15). The van der Waals surface area contributed by atoms with Gasteiger partial charge in [-0.25, -0.2) is 0 Å². The average molecular weight is 231 g/mol. The summed E-state index contributed by atoms with van der Waals surface area (Å²) in [6, 6.07) is 0. The van der Waals surface area contributed by atoms with Crippen molar-refractivity contribution in [3.63, 3.8) is 0 Å². The van der Waals surface area contributed by atoms with Crippen molar-refractivity contribution in [1.82, 2.24) is 15.5 Å². The van der Waals surface area contributed by atoms with Crippen LogP contribution in [0.15, 0.2) is 0 Å². The second-order valence-corrected chi connectivity index (χ2v) is 3.97. The lowest BCUT2D eigenvalue weighted by Crippen LogP contribution is -2.37. The van der Waals surface area contributed by atoms with E-state index in [9.17, 15) is 0 Å². The van der Waals surface area contributed by atoms with E-state index in [1.165, 1.54) is 0 Å². The van der Waals surface area contributed by atoms with Gasteiger partial charge in [-0.15, -0.1) is 0 Å². The fraction of sp³-hybridized carbons (Fsp3) is 0.909. The second kappa shape index (κ2) is 10.2. The topological polar surface area (TPSA) is 27.3 Å². The van der Waals surface area contributed by atoms with Gasteiger partial charge in [-0.05, 0) is 44.7 Å². The van der Waals surface area contributed by atoms with Crippen LogP contribution in [0.4, 0.5) is 0 Å². The first kappa shape index (κ1) is 14.6. The fourth-order valence-corrected chi connectivity index (χ4v) is 1.55. The van der Waals surface area contributed by atoms with Crippen molar-refractivity contribution in [1.29, 1.82) is 0 Å². The van der Waals surface area contributed by atoms with Crippen LogP contribution in [-0.4, -0.2) is 42.7 Å². The van der Waals surface area contributed by atoms with Crippen LogP contribution < -0.4 is 10.6 Å². The van der Waals surface area contributed by atoms with Crippen molar-refractivity contribution in [2.24, 2.45) is 0 Å². The molecular formula is C11H25N3S. The van der Waals surface area contributed by atoms with Crippen LogP contribution in [0.25, 0.3) is 0 Å². The molecule has 0 atom stereocenters. The van der Waals surface area contributed by atoms with Gasteiger partial charge in [0.25, 0.3) is 0 Å². The molecule has 0 aliphatic carbocycles. The molecule has 0 aliphatic rings. The van der Waals surface area contributed by atoms with Gasteiger partial charge in [0.1, 0.15) is 0 Å². The summed E-state index contributed by atoms with van der Waals surface area (Å²) < 4.78 is 0. The number of nitrogens with one attached hydrogen (secondary N) is 2. The van der Waals surface area contributed by atoms with Gasteiger partial charge in [-0.3, -0.25) is 0 Å². The summed E-state index contributed by atoms with van der Waals surface area (Å²) in [6.45, 7) is 11.9. The lowest BCUT2D eigenvalue weighted by Gasteiger charge is -2.18. The number of thiocarbonyl (C=S) groups is 1. The van der Waals surface area contributed by atoms with Crippen LogP contribution in [0, 0.1) is 0 Å². The SMILES string of the molecule is CCCNC(=S)NCCCN(CC)CC. The first-order chi connectivity index (χ1) is 7.24. The van der Waals surface area contributed by atoms with E-state index in [1.54, 1.807) is 0 Å². The Morgan fingerprint density at radius 1 is 1.07 bits per heavy atom. The van der Waals surface area contributed by atoms with Gasteiger partial charge in [-0.1, -0.05) is 20.8 Å². The monoisotopic (exact) mass is 231 g/mol. The Balaban J connectivity index is 3.33. The van der Waals surface area contributed by atoms with E-state index in [2.05, 4.69) is 36.3 Å². The molecule has 0 amide bonds. The first-order valence-corrected chi connectivity index (χ1v) is 6.39. The molecule has 0 saturated carbocycles. The minimum atomic E-state index is 0.788. The molecule has 0 rings (SSSR count). The molecule has 0 saturated heterocycles. The summed E-state index contributed by atoms with van der Waals surface area (Å²) in [5.74, 6) is 0. The third-order valence-electron chi connectivity index (χ3n) is 2.37. The molecule has 0 unspecified atom stereocenters. The summed E-state index contributed by atoms with van der Waals surface area (Å²) in [4.78, 5) is 2.42. The Morgan fingerprint density at radius 3 is 2.20 bits per heavy atom. The van der Waals surface area contributed by atoms with Crippen molar-refractivity contribution in [3.05, 3.63) is 0 Å². The van der Waals surface area contributed by atoms with Gasteiger partial charge in [-0.2, -0.15) is 0 Å². The molecule has 0 heterocycles. The molecule has 90 valence electrons. The molecule has 0 bridgehead atoms. The number of rotatable bonds is 8. The molecule has 0 aromatic carbocycles. The molecule has 0 radical (unpaired) electrons. The number of hydrogen-bond donors (Lipinski definition) is 2. The van der Waals surface area contributed by atoms with E-state index in [4.69, 9.17) is 12.2 Å². The zero-order chi connectivity index (χ0) is 11.5. The fourth-order valence-electron chi connectivity index (χ4n) is 1.35. The highest BCUT2D eigenvalue weighted by Crippen LogP contribution is 1.89. The Bertz CT molecular complexity index is 158. The minimum absolute atomic E-state index is 0.788. The van der Waals surface area contributed by atoms with E-state index in [-0.39, 0.29) is 0 Å². The highest BCUT2D eigenvalue weighted by molar-refractivity contribution is 7.80. The van der Waals surface area contributed by atoms with Crippen LogP contribution in [0.2, 0.25) is 0 Å². The van der Waals surface area contributed by atoms with Crippen molar-refractivity contribution < 1.29 is 0 Å². The first-order valence-electron chi connectivity index (χ1n) is 5.98. The molecule has 2 N–H and O–H groups in total. The average Bonchev–Trinajstić information content (AvgIpc) is 2.26. The predicted molar refractivity (Wildman–Crippen MR) is 71.3 cm³/mol. The van der Waals surface area contributed by atoms with Crippen molar-refractivity contribution in [2.45, 2.75) is 33.6 Å².